The first-order valence-corrected chi connectivity index (χ1v) is 9.30. The number of carbonyl (C=O) groups is 1. The highest BCUT2D eigenvalue weighted by atomic mass is 35.5. The first-order chi connectivity index (χ1) is 12.1. The van der Waals surface area contributed by atoms with Crippen molar-refractivity contribution in [1.29, 1.82) is 0 Å². The fourth-order valence-electron chi connectivity index (χ4n) is 3.96. The lowest BCUT2D eigenvalue weighted by Crippen LogP contribution is -2.51. The van der Waals surface area contributed by atoms with Gasteiger partial charge in [0.2, 0.25) is 5.91 Å². The zero-order chi connectivity index (χ0) is 17.4. The maximum atomic E-state index is 12.9. The number of halogens is 1. The molecule has 1 atom stereocenters. The molecule has 132 valence electrons. The Kier molecular flexibility index (Phi) is 4.42. The molecule has 5 nitrogen and oxygen atoms in total. The fraction of sp³-hybridized carbons (Fsp3) is 0.474. The number of anilines is 1. The van der Waals surface area contributed by atoms with E-state index in [9.17, 15) is 4.79 Å². The number of aromatic nitrogens is 2. The molecule has 2 heterocycles. The Labute approximate surface area is 153 Å². The van der Waals surface area contributed by atoms with Crippen LogP contribution in [0.1, 0.15) is 23.4 Å². The van der Waals surface area contributed by atoms with Crippen LogP contribution in [0.2, 0.25) is 5.02 Å². The number of imidazole rings is 1. The van der Waals surface area contributed by atoms with Gasteiger partial charge in [0.25, 0.3) is 0 Å². The zero-order valence-electron chi connectivity index (χ0n) is 14.5. The molecule has 0 saturated carbocycles. The summed E-state index contributed by atoms with van der Waals surface area (Å²) in [5.74, 6) is 0.384. The number of piperazine rings is 1. The van der Waals surface area contributed by atoms with Gasteiger partial charge in [-0.15, -0.1) is 0 Å². The number of hydrogen-bond acceptors (Lipinski definition) is 3. The van der Waals surface area contributed by atoms with Gasteiger partial charge >= 0.3 is 0 Å². The van der Waals surface area contributed by atoms with Crippen molar-refractivity contribution in [2.24, 2.45) is 5.92 Å². The van der Waals surface area contributed by atoms with E-state index in [0.29, 0.717) is 5.91 Å². The standard InChI is InChI=1S/C19H23ClN4O/c1-13-2-4-15(20)11-18(13)23-6-8-24(9-7-23)19(25)14-3-5-16-17(10-14)22-12-21-16/h2,4,11-12,14H,3,5-10H2,1H3,(H,21,22)/t14-/m1/s1. The Bertz CT molecular complexity index is 779. The Morgan fingerprint density at radius 2 is 2.08 bits per heavy atom. The molecule has 1 amide bonds. The maximum Gasteiger partial charge on any atom is 0.226 e. The molecule has 1 aliphatic heterocycles. The molecule has 0 unspecified atom stereocenters. The topological polar surface area (TPSA) is 52.2 Å². The van der Waals surface area contributed by atoms with Crippen LogP contribution in [-0.4, -0.2) is 47.0 Å². The summed E-state index contributed by atoms with van der Waals surface area (Å²) in [6.07, 6.45) is 4.34. The molecule has 2 aliphatic rings. The largest absolute Gasteiger partial charge is 0.368 e. The number of aryl methyl sites for hydroxylation is 2. The molecule has 0 bridgehead atoms. The fourth-order valence-corrected chi connectivity index (χ4v) is 4.13. The van der Waals surface area contributed by atoms with E-state index in [1.165, 1.54) is 11.3 Å². The van der Waals surface area contributed by atoms with Gasteiger partial charge in [-0.05, 0) is 37.5 Å². The van der Waals surface area contributed by atoms with Crippen LogP contribution in [0.15, 0.2) is 24.5 Å². The number of amides is 1. The molecule has 0 radical (unpaired) electrons. The molecular weight excluding hydrogens is 336 g/mol. The molecule has 1 aliphatic carbocycles. The van der Waals surface area contributed by atoms with E-state index in [-0.39, 0.29) is 5.92 Å². The summed E-state index contributed by atoms with van der Waals surface area (Å²) >= 11 is 6.15. The third-order valence-electron chi connectivity index (χ3n) is 5.44. The molecule has 0 spiro atoms. The third kappa shape index (κ3) is 3.25. The normalized spacial score (nSPS) is 20.5. The molecule has 2 aromatic rings. The number of aromatic amines is 1. The predicted octanol–water partition coefficient (Wildman–Crippen LogP) is 2.83. The number of carbonyl (C=O) groups excluding carboxylic acids is 1. The molecule has 6 heteroatoms. The van der Waals surface area contributed by atoms with Crippen LogP contribution in [-0.2, 0) is 17.6 Å². The van der Waals surface area contributed by atoms with Crippen molar-refractivity contribution >= 4 is 23.2 Å². The molecule has 1 aromatic carbocycles. The number of H-pyrrole nitrogens is 1. The average molecular weight is 359 g/mol. The summed E-state index contributed by atoms with van der Waals surface area (Å²) in [5.41, 5.74) is 4.67. The molecule has 25 heavy (non-hydrogen) atoms. The second-order valence-electron chi connectivity index (χ2n) is 7.01. The van der Waals surface area contributed by atoms with Gasteiger partial charge in [-0.2, -0.15) is 0 Å². The first kappa shape index (κ1) is 16.5. The smallest absolute Gasteiger partial charge is 0.226 e. The van der Waals surface area contributed by atoms with E-state index in [1.54, 1.807) is 6.33 Å². The number of rotatable bonds is 2. The number of fused-ring (bicyclic) bond motifs is 1. The van der Waals surface area contributed by atoms with Gasteiger partial charge in [-0.1, -0.05) is 17.7 Å². The van der Waals surface area contributed by atoms with Crippen LogP contribution in [0.4, 0.5) is 5.69 Å². The Morgan fingerprint density at radius 1 is 1.28 bits per heavy atom. The minimum absolute atomic E-state index is 0.0902. The molecule has 4 rings (SSSR count). The molecule has 1 N–H and O–H groups in total. The van der Waals surface area contributed by atoms with Gasteiger partial charge in [0, 0.05) is 54.9 Å². The van der Waals surface area contributed by atoms with Crippen molar-refractivity contribution in [3.05, 3.63) is 46.5 Å². The van der Waals surface area contributed by atoms with Crippen molar-refractivity contribution in [2.75, 3.05) is 31.1 Å². The molecule has 1 fully saturated rings. The molecule has 1 saturated heterocycles. The van der Waals surface area contributed by atoms with Gasteiger partial charge in [-0.3, -0.25) is 4.79 Å². The quantitative estimate of drug-likeness (QED) is 0.898. The second kappa shape index (κ2) is 6.71. The van der Waals surface area contributed by atoms with Crippen LogP contribution in [0.25, 0.3) is 0 Å². The maximum absolute atomic E-state index is 12.9. The van der Waals surface area contributed by atoms with Crippen LogP contribution in [0.3, 0.4) is 0 Å². The molecule has 1 aromatic heterocycles. The lowest BCUT2D eigenvalue weighted by molar-refractivity contribution is -0.136. The Hall–Kier alpha value is -2.01. The summed E-state index contributed by atoms with van der Waals surface area (Å²) in [4.78, 5) is 24.8. The van der Waals surface area contributed by atoms with Crippen LogP contribution in [0, 0.1) is 12.8 Å². The predicted molar refractivity (Wildman–Crippen MR) is 99.1 cm³/mol. The number of benzene rings is 1. The van der Waals surface area contributed by atoms with Crippen LogP contribution < -0.4 is 4.90 Å². The summed E-state index contributed by atoms with van der Waals surface area (Å²) in [6.45, 7) is 5.37. The van der Waals surface area contributed by atoms with Gasteiger partial charge in [0.15, 0.2) is 0 Å². The Balaban J connectivity index is 1.39. The number of nitrogens with one attached hydrogen (secondary N) is 1. The van der Waals surface area contributed by atoms with Crippen molar-refractivity contribution in [3.8, 4) is 0 Å². The third-order valence-corrected chi connectivity index (χ3v) is 5.68. The first-order valence-electron chi connectivity index (χ1n) is 8.93. The highest BCUT2D eigenvalue weighted by Gasteiger charge is 2.31. The molecular formula is C19H23ClN4O. The van der Waals surface area contributed by atoms with Crippen molar-refractivity contribution in [3.63, 3.8) is 0 Å². The van der Waals surface area contributed by atoms with E-state index in [1.807, 2.05) is 17.0 Å². The van der Waals surface area contributed by atoms with Gasteiger partial charge in [-0.25, -0.2) is 4.98 Å². The van der Waals surface area contributed by atoms with E-state index < -0.39 is 0 Å². The highest BCUT2D eigenvalue weighted by molar-refractivity contribution is 6.30. The lowest BCUT2D eigenvalue weighted by atomic mass is 9.88. The van der Waals surface area contributed by atoms with Crippen LogP contribution >= 0.6 is 11.6 Å². The lowest BCUT2D eigenvalue weighted by Gasteiger charge is -2.38. The van der Waals surface area contributed by atoms with Crippen LogP contribution in [0.5, 0.6) is 0 Å². The number of nitrogens with zero attached hydrogens (tertiary/aromatic N) is 3. The summed E-state index contributed by atoms with van der Waals surface area (Å²) in [6, 6.07) is 6.00. The van der Waals surface area contributed by atoms with Gasteiger partial charge in [0.1, 0.15) is 0 Å². The number of hydrogen-bond donors (Lipinski definition) is 1. The summed E-state index contributed by atoms with van der Waals surface area (Å²) in [7, 11) is 0. The summed E-state index contributed by atoms with van der Waals surface area (Å²) < 4.78 is 0. The minimum Gasteiger partial charge on any atom is -0.368 e. The van der Waals surface area contributed by atoms with Gasteiger partial charge < -0.3 is 14.8 Å². The van der Waals surface area contributed by atoms with Crippen molar-refractivity contribution < 1.29 is 4.79 Å². The SMILES string of the molecule is Cc1ccc(Cl)cc1N1CCN(C(=O)[C@@H]2CCc3nc[nH]c3C2)CC1. The van der Waals surface area contributed by atoms with Crippen molar-refractivity contribution in [1.82, 2.24) is 14.9 Å². The summed E-state index contributed by atoms with van der Waals surface area (Å²) in [5, 5.41) is 0.761. The van der Waals surface area contributed by atoms with Crippen molar-refractivity contribution in [2.45, 2.75) is 26.2 Å². The average Bonchev–Trinajstić information content (AvgIpc) is 3.11. The highest BCUT2D eigenvalue weighted by Crippen LogP contribution is 2.27. The zero-order valence-corrected chi connectivity index (χ0v) is 15.2. The van der Waals surface area contributed by atoms with Gasteiger partial charge in [0.05, 0.1) is 12.0 Å². The Morgan fingerprint density at radius 3 is 2.88 bits per heavy atom. The van der Waals surface area contributed by atoms with E-state index >= 15 is 0 Å². The minimum atomic E-state index is 0.0902. The van der Waals surface area contributed by atoms with E-state index in [0.717, 1.165) is 61.9 Å². The monoisotopic (exact) mass is 358 g/mol. The van der Waals surface area contributed by atoms with E-state index in [4.69, 9.17) is 11.6 Å². The second-order valence-corrected chi connectivity index (χ2v) is 7.45. The van der Waals surface area contributed by atoms with E-state index in [2.05, 4.69) is 27.9 Å².